The summed E-state index contributed by atoms with van der Waals surface area (Å²) in [4.78, 5) is 49.9. The van der Waals surface area contributed by atoms with Crippen LogP contribution in [0, 0.1) is 41.7 Å². The first-order valence-corrected chi connectivity index (χ1v) is 4.43. The third-order valence-corrected chi connectivity index (χ3v) is 0. The Morgan fingerprint density at radius 3 is 0.917 bits per heavy atom. The van der Waals surface area contributed by atoms with Crippen LogP contribution in [0.15, 0.2) is 0 Å². The van der Waals surface area contributed by atoms with Gasteiger partial charge in [-0.15, -0.1) is 0 Å². The van der Waals surface area contributed by atoms with Gasteiger partial charge >= 0.3 is 79.5 Å². The van der Waals surface area contributed by atoms with E-state index >= 15 is 0 Å². The van der Waals surface area contributed by atoms with Gasteiger partial charge in [0.15, 0.2) is 0 Å². The van der Waals surface area contributed by atoms with Crippen molar-refractivity contribution in [3.63, 3.8) is 0 Å². The van der Waals surface area contributed by atoms with Gasteiger partial charge in [0.1, 0.15) is 0 Å². The predicted octanol–water partition coefficient (Wildman–Crippen LogP) is -5.40. The van der Waals surface area contributed by atoms with Crippen molar-refractivity contribution in [3.8, 4) is 0 Å². The van der Waals surface area contributed by atoms with E-state index in [-0.39, 0.29) is 79.5 Å². The second kappa shape index (κ2) is 10.4. The molecular formula is HCaCeO8P2. The molecule has 12 heteroatoms. The molecule has 0 aliphatic heterocycles. The Kier molecular flexibility index (Phi) is 20.9. The maximum atomic E-state index is 8.66. The van der Waals surface area contributed by atoms with Crippen LogP contribution in [0.25, 0.3) is 0 Å². The summed E-state index contributed by atoms with van der Waals surface area (Å²) in [6, 6.07) is 0. The molecule has 0 aromatic heterocycles. The molecule has 0 aliphatic carbocycles. The molecule has 0 saturated carbocycles. The third kappa shape index (κ3) is 222. The number of rotatable bonds is 0. The molecule has 12 heavy (non-hydrogen) atoms. The largest absolute Gasteiger partial charge is 3.00 e. The minimum atomic E-state index is -5.39. The monoisotopic (exact) mass is 371 g/mol. The minimum Gasteiger partial charge on any atom is -0.822 e. The maximum Gasteiger partial charge on any atom is 3.00 e. The Balaban J connectivity index is -0.0000000457. The average Bonchev–Trinajstić information content (AvgIpc) is 1.12. The summed E-state index contributed by atoms with van der Waals surface area (Å²) in [5, 5.41) is 0. The van der Waals surface area contributed by atoms with Crippen LogP contribution in [0.1, 0.15) is 0 Å². The average molecular weight is 371 g/mol. The Morgan fingerprint density at radius 2 is 0.917 bits per heavy atom. The van der Waals surface area contributed by atoms with Crippen LogP contribution in [0.4, 0.5) is 0 Å². The SMILES string of the molecule is O=P([O-])([O-])O.O=P([O-])([O-])[O-].[Ca+2].[Ce+3]. The van der Waals surface area contributed by atoms with Gasteiger partial charge in [-0.25, -0.2) is 0 Å². The van der Waals surface area contributed by atoms with Crippen LogP contribution in [-0.4, -0.2) is 42.6 Å². The first kappa shape index (κ1) is 24.2. The van der Waals surface area contributed by atoms with Gasteiger partial charge in [0, 0.05) is 0 Å². The smallest absolute Gasteiger partial charge is 0.822 e. The molecule has 0 aromatic carbocycles. The molecule has 0 aliphatic rings. The quantitative estimate of drug-likeness (QED) is 0.325. The molecule has 0 aromatic rings. The fourth-order valence-corrected chi connectivity index (χ4v) is 0. The van der Waals surface area contributed by atoms with Gasteiger partial charge in [0.25, 0.3) is 0 Å². The molecule has 1 radical (unpaired) electrons. The van der Waals surface area contributed by atoms with Crippen molar-refractivity contribution in [2.45, 2.75) is 0 Å². The molecule has 0 rings (SSSR count). The van der Waals surface area contributed by atoms with E-state index in [1.807, 2.05) is 0 Å². The van der Waals surface area contributed by atoms with Crippen LogP contribution in [-0.2, 0) is 9.13 Å². The fourth-order valence-electron chi connectivity index (χ4n) is 0. The van der Waals surface area contributed by atoms with E-state index in [4.69, 9.17) is 38.5 Å². The zero-order chi connectivity index (χ0) is 9.00. The first-order valence-electron chi connectivity index (χ1n) is 1.48. The standard InChI is InChI=1S/Ca.Ce.2H3O4P/c;;2*1-5(2,3)4/h;;2*(H3,1,2,3,4)/q+2;+3;;/p-5. The molecule has 0 saturated heterocycles. The van der Waals surface area contributed by atoms with E-state index in [2.05, 4.69) is 0 Å². The Bertz CT molecular complexity index is 129. The van der Waals surface area contributed by atoms with E-state index in [1.54, 1.807) is 0 Å². The fraction of sp³-hybridized carbons (Fsp3) is 0. The zero-order valence-electron chi connectivity index (χ0n) is 5.41. The third-order valence-electron chi connectivity index (χ3n) is 0. The van der Waals surface area contributed by atoms with Gasteiger partial charge in [0.05, 0.1) is 7.82 Å². The number of hydrogen-bond acceptors (Lipinski definition) is 7. The van der Waals surface area contributed by atoms with E-state index in [9.17, 15) is 0 Å². The zero-order valence-corrected chi connectivity index (χ0v) is 12.5. The number of phosphoric acid groups is 2. The first-order chi connectivity index (χ1) is 4.00. The summed E-state index contributed by atoms with van der Waals surface area (Å²) in [5.74, 6) is 0. The van der Waals surface area contributed by atoms with Gasteiger partial charge in [0.2, 0.25) is 0 Å². The summed E-state index contributed by atoms with van der Waals surface area (Å²) in [6.45, 7) is 0. The second-order valence-corrected chi connectivity index (χ2v) is 2.75. The van der Waals surface area contributed by atoms with Gasteiger partial charge in [-0.3, -0.25) is 0 Å². The molecule has 8 nitrogen and oxygen atoms in total. The second-order valence-electron chi connectivity index (χ2n) is 0.916. The molecule has 0 bridgehead atoms. The van der Waals surface area contributed by atoms with Crippen molar-refractivity contribution >= 4 is 53.4 Å². The molecular weight excluding hydrogens is 370 g/mol. The molecule has 0 amide bonds. The van der Waals surface area contributed by atoms with E-state index in [1.165, 1.54) is 0 Å². The molecule has 1 N–H and O–H groups in total. The van der Waals surface area contributed by atoms with Crippen molar-refractivity contribution in [1.82, 2.24) is 0 Å². The molecule has 0 heterocycles. The molecule has 65 valence electrons. The molecule has 0 spiro atoms. The normalized spacial score (nSPS) is 9.83. The van der Waals surface area contributed by atoms with Crippen LogP contribution in [0.5, 0.6) is 0 Å². The van der Waals surface area contributed by atoms with E-state index in [0.717, 1.165) is 0 Å². The van der Waals surface area contributed by atoms with Gasteiger partial charge in [-0.2, -0.15) is 7.82 Å². The van der Waals surface area contributed by atoms with Crippen molar-refractivity contribution < 1.29 is 80.2 Å². The van der Waals surface area contributed by atoms with Crippen LogP contribution in [0.2, 0.25) is 0 Å². The molecule has 0 atom stereocenters. The Labute approximate surface area is 131 Å². The summed E-state index contributed by atoms with van der Waals surface area (Å²) >= 11 is 0. The minimum absolute atomic E-state index is 0. The Morgan fingerprint density at radius 1 is 0.917 bits per heavy atom. The summed E-state index contributed by atoms with van der Waals surface area (Å²) in [5.41, 5.74) is 0. The summed E-state index contributed by atoms with van der Waals surface area (Å²) in [6.07, 6.45) is 0. The van der Waals surface area contributed by atoms with Crippen molar-refractivity contribution in [1.29, 1.82) is 0 Å². The van der Waals surface area contributed by atoms with Crippen LogP contribution >= 0.6 is 15.6 Å². The summed E-state index contributed by atoms with van der Waals surface area (Å²) < 4.78 is 17.2. The molecule has 0 fully saturated rings. The van der Waals surface area contributed by atoms with Crippen LogP contribution < -0.4 is 24.5 Å². The van der Waals surface area contributed by atoms with Gasteiger partial charge in [-0.05, 0) is 0 Å². The van der Waals surface area contributed by atoms with Crippen molar-refractivity contribution in [2.75, 3.05) is 0 Å². The molecule has 0 unspecified atom stereocenters. The van der Waals surface area contributed by atoms with Gasteiger partial charge in [-0.1, -0.05) is 0 Å². The Hall–Kier alpha value is 2.86. The van der Waals surface area contributed by atoms with E-state index < -0.39 is 15.6 Å². The topological polar surface area (TPSA) is 170 Å². The maximum absolute atomic E-state index is 8.66. The van der Waals surface area contributed by atoms with Crippen LogP contribution in [0.3, 0.4) is 0 Å². The predicted molar refractivity (Wildman–Crippen MR) is 23.2 cm³/mol. The van der Waals surface area contributed by atoms with Gasteiger partial charge < -0.3 is 38.5 Å². The summed E-state index contributed by atoms with van der Waals surface area (Å²) in [7, 11) is -10.5. The van der Waals surface area contributed by atoms with Crippen molar-refractivity contribution in [3.05, 3.63) is 0 Å². The number of hydrogen-bond donors (Lipinski definition) is 1. The van der Waals surface area contributed by atoms with E-state index in [0.29, 0.717) is 0 Å². The van der Waals surface area contributed by atoms with Crippen molar-refractivity contribution in [2.24, 2.45) is 0 Å².